The first-order valence-corrected chi connectivity index (χ1v) is 6.91. The van der Waals surface area contributed by atoms with Gasteiger partial charge in [0.1, 0.15) is 0 Å². The largest absolute Gasteiger partial charge is 0.376 e. The number of likely N-dealkylation sites (N-methyl/N-ethyl adjacent to an activating group) is 1. The molecule has 0 aliphatic rings. The van der Waals surface area contributed by atoms with Crippen molar-refractivity contribution in [3.8, 4) is 0 Å². The van der Waals surface area contributed by atoms with Crippen molar-refractivity contribution in [1.29, 1.82) is 0 Å². The van der Waals surface area contributed by atoms with E-state index in [4.69, 9.17) is 4.74 Å². The van der Waals surface area contributed by atoms with Gasteiger partial charge in [-0.1, -0.05) is 47.0 Å². The van der Waals surface area contributed by atoms with E-state index in [9.17, 15) is 0 Å². The van der Waals surface area contributed by atoms with E-state index in [2.05, 4.69) is 33.0 Å². The van der Waals surface area contributed by atoms with Crippen LogP contribution in [0.15, 0.2) is 0 Å². The van der Waals surface area contributed by atoms with Gasteiger partial charge in [-0.2, -0.15) is 0 Å². The fourth-order valence-corrected chi connectivity index (χ4v) is 1.85. The molecule has 2 unspecified atom stereocenters. The van der Waals surface area contributed by atoms with E-state index in [1.54, 1.807) is 0 Å². The van der Waals surface area contributed by atoms with Crippen LogP contribution in [0.4, 0.5) is 0 Å². The van der Waals surface area contributed by atoms with Crippen molar-refractivity contribution in [3.63, 3.8) is 0 Å². The van der Waals surface area contributed by atoms with Crippen molar-refractivity contribution in [2.24, 2.45) is 11.8 Å². The standard InChI is InChI=1S/C14H31NO/c1-6-8-9-13(7-2)11-16-14(10-15-5)12(3)4/h12-15H,6-11H2,1-5H3. The highest BCUT2D eigenvalue weighted by molar-refractivity contribution is 4.66. The molecule has 0 aromatic rings. The molecule has 0 aromatic heterocycles. The van der Waals surface area contributed by atoms with Gasteiger partial charge in [0.05, 0.1) is 6.10 Å². The molecule has 1 N–H and O–H groups in total. The Hall–Kier alpha value is -0.0800. The molecule has 2 atom stereocenters. The summed E-state index contributed by atoms with van der Waals surface area (Å²) in [6.45, 7) is 10.9. The zero-order valence-corrected chi connectivity index (χ0v) is 11.9. The third kappa shape index (κ3) is 7.24. The number of ether oxygens (including phenoxy) is 1. The van der Waals surface area contributed by atoms with Gasteiger partial charge in [-0.15, -0.1) is 0 Å². The van der Waals surface area contributed by atoms with Crippen LogP contribution < -0.4 is 5.32 Å². The third-order valence-electron chi connectivity index (χ3n) is 3.24. The Balaban J connectivity index is 3.86. The summed E-state index contributed by atoms with van der Waals surface area (Å²) in [5, 5.41) is 3.21. The second kappa shape index (κ2) is 10.1. The number of unbranched alkanes of at least 4 members (excludes halogenated alkanes) is 1. The quantitative estimate of drug-likeness (QED) is 0.619. The summed E-state index contributed by atoms with van der Waals surface area (Å²) in [5.41, 5.74) is 0. The molecule has 0 aliphatic carbocycles. The molecule has 0 fully saturated rings. The molecule has 0 bridgehead atoms. The molecule has 0 saturated heterocycles. The summed E-state index contributed by atoms with van der Waals surface area (Å²) < 4.78 is 6.03. The van der Waals surface area contributed by atoms with Crippen molar-refractivity contribution >= 4 is 0 Å². The van der Waals surface area contributed by atoms with Gasteiger partial charge in [0, 0.05) is 13.2 Å². The zero-order valence-electron chi connectivity index (χ0n) is 11.9. The fourth-order valence-electron chi connectivity index (χ4n) is 1.85. The molecule has 0 amide bonds. The molecule has 0 spiro atoms. The lowest BCUT2D eigenvalue weighted by molar-refractivity contribution is 0.00126. The lowest BCUT2D eigenvalue weighted by Crippen LogP contribution is -2.32. The predicted molar refractivity (Wildman–Crippen MR) is 71.8 cm³/mol. The fraction of sp³-hybridized carbons (Fsp3) is 1.00. The summed E-state index contributed by atoms with van der Waals surface area (Å²) in [7, 11) is 1.99. The van der Waals surface area contributed by atoms with Gasteiger partial charge in [0.25, 0.3) is 0 Å². The lowest BCUT2D eigenvalue weighted by Gasteiger charge is -2.24. The maximum atomic E-state index is 6.03. The maximum absolute atomic E-state index is 6.03. The van der Waals surface area contributed by atoms with Crippen molar-refractivity contribution in [3.05, 3.63) is 0 Å². The molecule has 0 aromatic carbocycles. The summed E-state index contributed by atoms with van der Waals surface area (Å²) in [6.07, 6.45) is 5.54. The van der Waals surface area contributed by atoms with Crippen LogP contribution >= 0.6 is 0 Å². The molecular formula is C14H31NO. The lowest BCUT2D eigenvalue weighted by atomic mass is 10.00. The van der Waals surface area contributed by atoms with Gasteiger partial charge in [-0.3, -0.25) is 0 Å². The van der Waals surface area contributed by atoms with Crippen molar-refractivity contribution in [1.82, 2.24) is 5.32 Å². The Labute approximate surface area is 102 Å². The van der Waals surface area contributed by atoms with Crippen LogP contribution in [-0.4, -0.2) is 26.3 Å². The minimum Gasteiger partial charge on any atom is -0.376 e. The third-order valence-corrected chi connectivity index (χ3v) is 3.24. The van der Waals surface area contributed by atoms with Gasteiger partial charge in [-0.25, -0.2) is 0 Å². The summed E-state index contributed by atoms with van der Waals surface area (Å²) in [5.74, 6) is 1.34. The van der Waals surface area contributed by atoms with E-state index in [0.717, 1.165) is 19.1 Å². The van der Waals surface area contributed by atoms with Crippen LogP contribution in [0.25, 0.3) is 0 Å². The average Bonchev–Trinajstić information content (AvgIpc) is 2.27. The molecule has 98 valence electrons. The Morgan fingerprint density at radius 2 is 1.88 bits per heavy atom. The van der Waals surface area contributed by atoms with Gasteiger partial charge < -0.3 is 10.1 Å². The number of hydrogen-bond donors (Lipinski definition) is 1. The Morgan fingerprint density at radius 1 is 1.19 bits per heavy atom. The molecule has 2 heteroatoms. The van der Waals surface area contributed by atoms with Gasteiger partial charge >= 0.3 is 0 Å². The second-order valence-electron chi connectivity index (χ2n) is 5.09. The normalized spacial score (nSPS) is 15.4. The van der Waals surface area contributed by atoms with Crippen LogP contribution in [0.1, 0.15) is 53.4 Å². The Morgan fingerprint density at radius 3 is 2.31 bits per heavy atom. The van der Waals surface area contributed by atoms with E-state index < -0.39 is 0 Å². The second-order valence-corrected chi connectivity index (χ2v) is 5.09. The molecule has 0 saturated carbocycles. The van der Waals surface area contributed by atoms with Crippen LogP contribution in [0, 0.1) is 11.8 Å². The maximum Gasteiger partial charge on any atom is 0.0722 e. The molecule has 0 heterocycles. The molecule has 0 aliphatic heterocycles. The minimum atomic E-state index is 0.362. The molecule has 0 rings (SSSR count). The van der Waals surface area contributed by atoms with Gasteiger partial charge in [-0.05, 0) is 25.3 Å². The minimum absolute atomic E-state index is 0.362. The van der Waals surface area contributed by atoms with E-state index in [0.29, 0.717) is 12.0 Å². The first-order chi connectivity index (χ1) is 7.65. The van der Waals surface area contributed by atoms with Crippen LogP contribution in [0.3, 0.4) is 0 Å². The molecule has 2 nitrogen and oxygen atoms in total. The Kier molecular flexibility index (Phi) is 10.0. The molecule has 0 radical (unpaired) electrons. The highest BCUT2D eigenvalue weighted by atomic mass is 16.5. The van der Waals surface area contributed by atoms with E-state index >= 15 is 0 Å². The van der Waals surface area contributed by atoms with Crippen molar-refractivity contribution in [2.45, 2.75) is 59.5 Å². The van der Waals surface area contributed by atoms with Crippen LogP contribution in [-0.2, 0) is 4.74 Å². The smallest absolute Gasteiger partial charge is 0.0722 e. The Bertz CT molecular complexity index is 148. The molecule has 16 heavy (non-hydrogen) atoms. The monoisotopic (exact) mass is 229 g/mol. The van der Waals surface area contributed by atoms with E-state index in [-0.39, 0.29) is 0 Å². The SMILES string of the molecule is CCCCC(CC)COC(CNC)C(C)C. The summed E-state index contributed by atoms with van der Waals surface area (Å²) >= 11 is 0. The first kappa shape index (κ1) is 15.9. The number of hydrogen-bond acceptors (Lipinski definition) is 2. The van der Waals surface area contributed by atoms with Crippen LogP contribution in [0.5, 0.6) is 0 Å². The van der Waals surface area contributed by atoms with E-state index in [1.165, 1.54) is 25.7 Å². The highest BCUT2D eigenvalue weighted by Gasteiger charge is 2.15. The van der Waals surface area contributed by atoms with Gasteiger partial charge in [0.15, 0.2) is 0 Å². The highest BCUT2D eigenvalue weighted by Crippen LogP contribution is 2.15. The summed E-state index contributed by atoms with van der Waals surface area (Å²) in [6, 6.07) is 0. The van der Waals surface area contributed by atoms with E-state index in [1.807, 2.05) is 7.05 Å². The van der Waals surface area contributed by atoms with Crippen LogP contribution in [0.2, 0.25) is 0 Å². The topological polar surface area (TPSA) is 21.3 Å². The number of nitrogens with one attached hydrogen (secondary N) is 1. The zero-order chi connectivity index (χ0) is 12.4. The predicted octanol–water partition coefficient (Wildman–Crippen LogP) is 3.46. The van der Waals surface area contributed by atoms with Crippen molar-refractivity contribution < 1.29 is 4.74 Å². The average molecular weight is 229 g/mol. The van der Waals surface area contributed by atoms with Crippen molar-refractivity contribution in [2.75, 3.05) is 20.2 Å². The first-order valence-electron chi connectivity index (χ1n) is 6.91. The summed E-state index contributed by atoms with van der Waals surface area (Å²) in [4.78, 5) is 0. The number of rotatable bonds is 10. The molecular weight excluding hydrogens is 198 g/mol. The van der Waals surface area contributed by atoms with Gasteiger partial charge in [0.2, 0.25) is 0 Å².